The molecule has 0 amide bonds. The molecule has 0 fully saturated rings. The standard InChI is InChI=1S/C95H96BN3/c1-90(2,3)70-50-68(51-71(56-70)91(4,5)6)69-54-83-86-84(55-69)99(88-77(65-42-32-23-33-43-65)59-73(93(10,11)12)60-78(88)74-46-49-85(94(13,14)15)97-89(74)95(16,17)18)82-53-67(62-36-26-20-27-37-62)45-48-80(82)96(86)79-47-44-66(61-34-24-19-25-35-61)52-81(79)98(83)87-75(63-38-28-21-29-39-63)57-72(92(7,8)9)58-76(87)64-40-30-22-31-41-64/h19-60H,1-18H3/i19D,20D,24D,25D,26D,27D,34D,35D,36D,37D. The van der Waals surface area contributed by atoms with Gasteiger partial charge in [-0.2, -0.15) is 0 Å². The molecule has 2 aliphatic rings. The van der Waals surface area contributed by atoms with Crippen molar-refractivity contribution in [2.24, 2.45) is 0 Å². The van der Waals surface area contributed by atoms with E-state index in [1.807, 2.05) is 42.5 Å². The Bertz CT molecular complexity index is 5540. The molecule has 3 nitrogen and oxygen atoms in total. The van der Waals surface area contributed by atoms with Gasteiger partial charge in [-0.15, -0.1) is 0 Å². The van der Waals surface area contributed by atoms with Crippen molar-refractivity contribution in [1.29, 1.82) is 0 Å². The van der Waals surface area contributed by atoms with Crippen molar-refractivity contribution in [3.63, 3.8) is 0 Å². The van der Waals surface area contributed by atoms with Crippen molar-refractivity contribution in [2.75, 3.05) is 9.80 Å². The third-order valence-corrected chi connectivity index (χ3v) is 20.0. The highest BCUT2D eigenvalue weighted by molar-refractivity contribution is 7.00. The van der Waals surface area contributed by atoms with E-state index in [4.69, 9.17) is 7.73 Å². The van der Waals surface area contributed by atoms with E-state index in [1.54, 1.807) is 0 Å². The largest absolute Gasteiger partial charge is 0.310 e. The first-order valence-electron chi connectivity index (χ1n) is 40.0. The van der Waals surface area contributed by atoms with E-state index in [1.165, 1.54) is 0 Å². The molecule has 0 unspecified atom stereocenters. The molecule has 99 heavy (non-hydrogen) atoms. The number of hydrogen-bond acceptors (Lipinski definition) is 3. The van der Waals surface area contributed by atoms with Crippen molar-refractivity contribution in [3.05, 3.63) is 288 Å². The lowest BCUT2D eigenvalue weighted by Crippen LogP contribution is -2.61. The summed E-state index contributed by atoms with van der Waals surface area (Å²) in [6.45, 7) is 39.7. The van der Waals surface area contributed by atoms with E-state index in [9.17, 15) is 11.0 Å². The smallest absolute Gasteiger partial charge is 0.252 e. The van der Waals surface area contributed by atoms with Crippen molar-refractivity contribution in [3.8, 4) is 77.9 Å². The van der Waals surface area contributed by atoms with Gasteiger partial charge in [0.05, 0.1) is 30.8 Å². The van der Waals surface area contributed by atoms with Crippen molar-refractivity contribution in [2.45, 2.75) is 157 Å². The van der Waals surface area contributed by atoms with Crippen LogP contribution in [0.5, 0.6) is 0 Å². The summed E-state index contributed by atoms with van der Waals surface area (Å²) in [5.74, 6) is 0. The Morgan fingerprint density at radius 1 is 0.283 bits per heavy atom. The number of aromatic nitrogens is 1. The molecular formula is C95H96BN3. The molecule has 11 aromatic carbocycles. The summed E-state index contributed by atoms with van der Waals surface area (Å²) < 4.78 is 93.3. The van der Waals surface area contributed by atoms with Crippen LogP contribution in [-0.4, -0.2) is 11.7 Å². The van der Waals surface area contributed by atoms with Crippen LogP contribution in [0.2, 0.25) is 0 Å². The third-order valence-electron chi connectivity index (χ3n) is 20.0. The summed E-state index contributed by atoms with van der Waals surface area (Å²) in [5.41, 5.74) is 21.9. The van der Waals surface area contributed by atoms with Gasteiger partial charge in [0.2, 0.25) is 0 Å². The molecule has 12 aromatic rings. The molecule has 0 spiro atoms. The zero-order valence-electron chi connectivity index (χ0n) is 70.9. The van der Waals surface area contributed by atoms with E-state index in [-0.39, 0.29) is 57.0 Å². The highest BCUT2D eigenvalue weighted by Gasteiger charge is 2.47. The first-order valence-corrected chi connectivity index (χ1v) is 35.0. The highest BCUT2D eigenvalue weighted by Crippen LogP contribution is 2.56. The van der Waals surface area contributed by atoms with Crippen LogP contribution in [0.1, 0.15) is 172 Å². The zero-order chi connectivity index (χ0) is 78.6. The molecule has 0 bridgehead atoms. The molecule has 14 rings (SSSR count). The molecule has 0 N–H and O–H groups in total. The van der Waals surface area contributed by atoms with Gasteiger partial charge in [0.25, 0.3) is 6.71 Å². The molecule has 494 valence electrons. The van der Waals surface area contributed by atoms with Crippen molar-refractivity contribution >= 4 is 57.2 Å². The molecule has 1 aromatic heterocycles. The van der Waals surface area contributed by atoms with E-state index in [2.05, 4.69) is 286 Å². The molecule has 0 saturated carbocycles. The fourth-order valence-corrected chi connectivity index (χ4v) is 14.4. The van der Waals surface area contributed by atoms with Gasteiger partial charge < -0.3 is 9.80 Å². The number of hydrogen-bond donors (Lipinski definition) is 0. The lowest BCUT2D eigenvalue weighted by molar-refractivity contribution is 0.532. The van der Waals surface area contributed by atoms with Gasteiger partial charge in [0.1, 0.15) is 0 Å². The number of anilines is 6. The number of rotatable bonds is 9. The second-order valence-electron chi connectivity index (χ2n) is 33.4. The van der Waals surface area contributed by atoms with Crippen LogP contribution in [0.25, 0.3) is 77.9 Å². The number of pyridine rings is 1. The molecule has 0 saturated heterocycles. The quantitative estimate of drug-likeness (QED) is 0.134. The summed E-state index contributed by atoms with van der Waals surface area (Å²) in [6, 6.07) is 65.3. The number of fused-ring (bicyclic) bond motifs is 4. The van der Waals surface area contributed by atoms with Crippen LogP contribution in [0.4, 0.5) is 34.1 Å². The summed E-state index contributed by atoms with van der Waals surface area (Å²) in [4.78, 5) is 10.6. The summed E-state index contributed by atoms with van der Waals surface area (Å²) in [6.07, 6.45) is 0. The first kappa shape index (κ1) is 55.2. The maximum absolute atomic E-state index is 9.73. The van der Waals surface area contributed by atoms with E-state index < -0.39 is 53.8 Å². The SMILES string of the molecule is [2H]c1c([2H])c([2H])c(-c2ccc3c(c2)N(c2c(-c4ccccc4)cc(C(C)(C)C)cc2-c2ccccc2)c2cc(-c4cc(C(C)(C)C)cc(C(C)(C)C)c4)cc4c2B3c2ccc(-c3c([2H])c([2H])c([2H])c([2H])c3[2H])cc2N4c2c(-c3ccccc3)cc(C(C)(C)C)cc2-c2ccc(C(C)(C)C)nc2C(C)(C)C)c([2H])c1[2H]. The van der Waals surface area contributed by atoms with E-state index in [0.29, 0.717) is 22.5 Å². The lowest BCUT2D eigenvalue weighted by atomic mass is 9.33. The van der Waals surface area contributed by atoms with E-state index in [0.717, 1.165) is 128 Å². The topological polar surface area (TPSA) is 19.4 Å². The van der Waals surface area contributed by atoms with Gasteiger partial charge in [-0.25, -0.2) is 0 Å². The van der Waals surface area contributed by atoms with Crippen LogP contribution in [0.3, 0.4) is 0 Å². The maximum Gasteiger partial charge on any atom is 0.252 e. The van der Waals surface area contributed by atoms with Gasteiger partial charge in [-0.1, -0.05) is 325 Å². The lowest BCUT2D eigenvalue weighted by Gasteiger charge is -2.46. The average Bonchev–Trinajstić information content (AvgIpc) is 0.684. The first-order chi connectivity index (χ1) is 51.0. The normalized spacial score (nSPS) is 14.7. The van der Waals surface area contributed by atoms with Gasteiger partial charge in [0.15, 0.2) is 0 Å². The minimum Gasteiger partial charge on any atom is -0.310 e. The Morgan fingerprint density at radius 2 is 0.636 bits per heavy atom. The molecule has 4 heteroatoms. The average molecular weight is 1300 g/mol. The molecule has 2 aliphatic heterocycles. The molecule has 3 heterocycles. The Kier molecular flexibility index (Phi) is 13.7. The number of benzene rings is 11. The van der Waals surface area contributed by atoms with Gasteiger partial charge >= 0.3 is 0 Å². The summed E-state index contributed by atoms with van der Waals surface area (Å²) >= 11 is 0. The summed E-state index contributed by atoms with van der Waals surface area (Å²) in [5, 5.41) is 0. The monoisotopic (exact) mass is 1300 g/mol. The fourth-order valence-electron chi connectivity index (χ4n) is 14.4. The maximum atomic E-state index is 9.73. The second kappa shape index (κ2) is 24.6. The Hall–Kier alpha value is -9.77. The predicted molar refractivity (Wildman–Crippen MR) is 429 cm³/mol. The van der Waals surface area contributed by atoms with E-state index >= 15 is 0 Å². The third kappa shape index (κ3) is 12.5. The fraction of sp³-hybridized carbons (Fsp3) is 0.253. The summed E-state index contributed by atoms with van der Waals surface area (Å²) in [7, 11) is 0. The molecular weight excluding hydrogens is 1190 g/mol. The van der Waals surface area contributed by atoms with Crippen LogP contribution in [0, 0.1) is 0 Å². The van der Waals surface area contributed by atoms with Crippen molar-refractivity contribution < 1.29 is 13.7 Å². The zero-order valence-corrected chi connectivity index (χ0v) is 60.9. The minimum absolute atomic E-state index is 0.0605. The van der Waals surface area contributed by atoms with Crippen LogP contribution in [0.15, 0.2) is 255 Å². The molecule has 0 radical (unpaired) electrons. The second-order valence-corrected chi connectivity index (χ2v) is 33.4. The molecule has 0 aliphatic carbocycles. The van der Waals surface area contributed by atoms with Crippen LogP contribution < -0.4 is 26.2 Å². The predicted octanol–water partition coefficient (Wildman–Crippen LogP) is 24.6. The van der Waals surface area contributed by atoms with Crippen molar-refractivity contribution in [1.82, 2.24) is 4.98 Å². The Labute approximate surface area is 605 Å². The number of nitrogens with zero attached hydrogens (tertiary/aromatic N) is 3. The Balaban J connectivity index is 1.28. The highest BCUT2D eigenvalue weighted by atomic mass is 15.2. The van der Waals surface area contributed by atoms with Gasteiger partial charge in [-0.3, -0.25) is 4.98 Å². The minimum atomic E-state index is -0.643. The molecule has 0 atom stereocenters. The van der Waals surface area contributed by atoms with Crippen LogP contribution >= 0.6 is 0 Å². The van der Waals surface area contributed by atoms with Gasteiger partial charge in [0, 0.05) is 67.1 Å². The van der Waals surface area contributed by atoms with Crippen LogP contribution in [-0.2, 0) is 32.5 Å². The Morgan fingerprint density at radius 3 is 1.01 bits per heavy atom. The van der Waals surface area contributed by atoms with Gasteiger partial charge in [-0.05, 0) is 165 Å².